The molecule has 0 unspecified atom stereocenters. The highest BCUT2D eigenvalue weighted by molar-refractivity contribution is 6.04. The van der Waals surface area contributed by atoms with Crippen LogP contribution in [-0.2, 0) is 35.1 Å². The summed E-state index contributed by atoms with van der Waals surface area (Å²) in [5, 5.41) is 11.3. The van der Waals surface area contributed by atoms with Crippen molar-refractivity contribution in [3.05, 3.63) is 30.1 Å². The van der Waals surface area contributed by atoms with Crippen molar-refractivity contribution in [2.75, 3.05) is 54.5 Å². The molecule has 11 nitrogen and oxygen atoms in total. The van der Waals surface area contributed by atoms with Crippen LogP contribution in [-0.4, -0.2) is 133 Å². The topological polar surface area (TPSA) is 114 Å². The van der Waals surface area contributed by atoms with Crippen LogP contribution in [0.25, 0.3) is 0 Å². The van der Waals surface area contributed by atoms with Crippen LogP contribution in [0.4, 0.5) is 0 Å². The number of pyridine rings is 1. The molecule has 0 saturated carbocycles. The van der Waals surface area contributed by atoms with Crippen LogP contribution >= 0.6 is 0 Å². The van der Waals surface area contributed by atoms with E-state index >= 15 is 0 Å². The van der Waals surface area contributed by atoms with Crippen molar-refractivity contribution >= 4 is 11.8 Å². The fourth-order valence-electron chi connectivity index (χ4n) is 7.79. The Bertz CT molecular complexity index is 1160. The minimum Gasteiger partial charge on any atom is -0.463 e. The van der Waals surface area contributed by atoms with Crippen LogP contribution in [0.1, 0.15) is 59.9 Å². The van der Waals surface area contributed by atoms with Crippen molar-refractivity contribution in [1.82, 2.24) is 19.7 Å². The number of Topliss-reactive ketones (excluding diaryl/α,β-unsaturated/α-hetero) is 1. The number of esters is 1. The number of likely N-dealkylation sites (tertiary alicyclic amines) is 1. The Kier molecular flexibility index (Phi) is 12.1. The molecule has 0 aliphatic carbocycles. The molecule has 260 valence electrons. The molecule has 1 aromatic heterocycles. The van der Waals surface area contributed by atoms with E-state index < -0.39 is 41.4 Å². The van der Waals surface area contributed by atoms with Crippen molar-refractivity contribution in [2.45, 2.75) is 103 Å². The summed E-state index contributed by atoms with van der Waals surface area (Å²) < 4.78 is 25.0. The van der Waals surface area contributed by atoms with Gasteiger partial charge in [-0.05, 0) is 85.3 Å². The van der Waals surface area contributed by atoms with Gasteiger partial charge >= 0.3 is 5.97 Å². The molecule has 3 fully saturated rings. The van der Waals surface area contributed by atoms with Gasteiger partial charge in [0.2, 0.25) is 0 Å². The molecular weight excluding hydrogens is 588 g/mol. The summed E-state index contributed by atoms with van der Waals surface area (Å²) in [5.41, 5.74) is -1.12. The van der Waals surface area contributed by atoms with Gasteiger partial charge in [0.05, 0.1) is 17.8 Å². The number of rotatable bonds is 7. The summed E-state index contributed by atoms with van der Waals surface area (Å²) in [7, 11) is 7.58. The Morgan fingerprint density at radius 3 is 2.35 bits per heavy atom. The highest BCUT2D eigenvalue weighted by atomic mass is 16.7. The molecule has 11 heteroatoms. The first-order valence-electron chi connectivity index (χ1n) is 16.8. The van der Waals surface area contributed by atoms with E-state index in [2.05, 4.69) is 28.8 Å². The fraction of sp³-hybridized carbons (Fsp3) is 0.800. The normalized spacial score (nSPS) is 37.6. The Labute approximate surface area is 275 Å². The molecule has 1 N–H and O–H groups in total. The molecule has 0 aromatic carbocycles. The zero-order valence-electron chi connectivity index (χ0n) is 29.6. The Morgan fingerprint density at radius 2 is 1.74 bits per heavy atom. The number of methoxy groups -OCH3 is 1. The highest BCUT2D eigenvalue weighted by Crippen LogP contribution is 2.38. The van der Waals surface area contributed by atoms with E-state index in [1.165, 1.54) is 5.56 Å². The molecule has 4 rings (SSSR count). The minimum atomic E-state index is -1.42. The second-order valence-corrected chi connectivity index (χ2v) is 15.1. The molecule has 3 aliphatic heterocycles. The van der Waals surface area contributed by atoms with E-state index in [1.807, 2.05) is 57.4 Å². The maximum atomic E-state index is 14.2. The lowest BCUT2D eigenvalue weighted by Crippen LogP contribution is -2.59. The largest absolute Gasteiger partial charge is 0.463 e. The number of aromatic nitrogens is 1. The second-order valence-electron chi connectivity index (χ2n) is 15.1. The molecule has 0 amide bonds. The van der Waals surface area contributed by atoms with Crippen LogP contribution < -0.4 is 0 Å². The number of hydrogen-bond acceptors (Lipinski definition) is 11. The van der Waals surface area contributed by atoms with Gasteiger partial charge in [0.15, 0.2) is 12.1 Å². The molecule has 0 radical (unpaired) electrons. The number of ether oxygens (including phenoxy) is 4. The lowest BCUT2D eigenvalue weighted by Gasteiger charge is -2.47. The van der Waals surface area contributed by atoms with E-state index in [1.54, 1.807) is 27.9 Å². The monoisotopic (exact) mass is 646 g/mol. The molecule has 3 aliphatic rings. The summed E-state index contributed by atoms with van der Waals surface area (Å²) in [6.45, 7) is 14.7. The van der Waals surface area contributed by atoms with Gasteiger partial charge in [-0.15, -0.1) is 0 Å². The van der Waals surface area contributed by atoms with Gasteiger partial charge in [0.25, 0.3) is 0 Å². The molecule has 4 heterocycles. The van der Waals surface area contributed by atoms with Crippen LogP contribution in [0.15, 0.2) is 24.5 Å². The van der Waals surface area contributed by atoms with Crippen LogP contribution in [0.3, 0.4) is 0 Å². The highest BCUT2D eigenvalue weighted by Gasteiger charge is 2.52. The maximum absolute atomic E-state index is 14.2. The molecule has 1 aromatic rings. The number of hydrogen-bond donors (Lipinski definition) is 1. The molecule has 0 bridgehead atoms. The van der Waals surface area contributed by atoms with E-state index in [0.29, 0.717) is 18.8 Å². The first-order valence-corrected chi connectivity index (χ1v) is 16.8. The lowest BCUT2D eigenvalue weighted by molar-refractivity contribution is -0.295. The zero-order chi connectivity index (χ0) is 34.0. The number of ketones is 1. The summed E-state index contributed by atoms with van der Waals surface area (Å²) >= 11 is 0. The number of aliphatic hydroxyl groups is 1. The predicted octanol–water partition coefficient (Wildman–Crippen LogP) is 2.84. The number of carbonyl (C=O) groups is 2. The van der Waals surface area contributed by atoms with Crippen LogP contribution in [0.5, 0.6) is 0 Å². The van der Waals surface area contributed by atoms with E-state index in [4.69, 9.17) is 18.9 Å². The SMILES string of the molecule is CO[C@]1(C)C[C@@H](C)CN(C)[C@H](C2CN(Cc3ccncc3)C2)COC(=O)C(C)(C)C(=O)[C@H](C)[C@H]1O[C@@H]1O[C@H](C)C[C@H](N(C)C)[C@H]1O. The van der Waals surface area contributed by atoms with Gasteiger partial charge in [-0.1, -0.05) is 13.8 Å². The third-order valence-electron chi connectivity index (χ3n) is 10.6. The number of likely N-dealkylation sites (N-methyl/N-ethyl adjacent to an activating group) is 2. The van der Waals surface area contributed by atoms with E-state index in [-0.39, 0.29) is 36.5 Å². The van der Waals surface area contributed by atoms with Crippen molar-refractivity contribution in [2.24, 2.45) is 23.2 Å². The number of carbonyl (C=O) groups excluding carboxylic acids is 2. The van der Waals surface area contributed by atoms with Gasteiger partial charge in [0, 0.05) is 69.6 Å². The van der Waals surface area contributed by atoms with E-state index in [0.717, 1.165) is 26.2 Å². The third-order valence-corrected chi connectivity index (χ3v) is 10.6. The predicted molar refractivity (Wildman–Crippen MR) is 175 cm³/mol. The lowest BCUT2D eigenvalue weighted by atomic mass is 9.74. The van der Waals surface area contributed by atoms with Gasteiger partial charge in [-0.3, -0.25) is 24.4 Å². The van der Waals surface area contributed by atoms with Crippen LogP contribution in [0.2, 0.25) is 0 Å². The average molecular weight is 647 g/mol. The summed E-state index contributed by atoms with van der Waals surface area (Å²) in [6, 6.07) is 3.90. The quantitative estimate of drug-likeness (QED) is 0.349. The fourth-order valence-corrected chi connectivity index (χ4v) is 7.79. The van der Waals surface area contributed by atoms with Crippen molar-refractivity contribution < 1.29 is 33.6 Å². The number of aliphatic hydroxyl groups excluding tert-OH is 1. The maximum Gasteiger partial charge on any atom is 0.319 e. The van der Waals surface area contributed by atoms with Crippen molar-refractivity contribution in [3.8, 4) is 0 Å². The van der Waals surface area contributed by atoms with Gasteiger partial charge < -0.3 is 29.0 Å². The van der Waals surface area contributed by atoms with Gasteiger partial charge in [-0.2, -0.15) is 0 Å². The zero-order valence-corrected chi connectivity index (χ0v) is 29.6. The third kappa shape index (κ3) is 8.17. The molecule has 9 atom stereocenters. The molecule has 0 spiro atoms. The summed E-state index contributed by atoms with van der Waals surface area (Å²) in [4.78, 5) is 38.7. The smallest absolute Gasteiger partial charge is 0.319 e. The van der Waals surface area contributed by atoms with Crippen LogP contribution in [0, 0.1) is 23.2 Å². The molecule has 3 saturated heterocycles. The Hall–Kier alpha value is -1.99. The number of nitrogens with zero attached hydrogens (tertiary/aromatic N) is 4. The van der Waals surface area contributed by atoms with Gasteiger partial charge in [-0.25, -0.2) is 0 Å². The van der Waals surface area contributed by atoms with Crippen molar-refractivity contribution in [3.63, 3.8) is 0 Å². The molecule has 46 heavy (non-hydrogen) atoms. The average Bonchev–Trinajstić information content (AvgIpc) is 2.98. The first kappa shape index (κ1) is 36.8. The van der Waals surface area contributed by atoms with Gasteiger partial charge in [0.1, 0.15) is 18.1 Å². The molecular formula is C35H58N4O7. The minimum absolute atomic E-state index is 0.000238. The van der Waals surface area contributed by atoms with Crippen molar-refractivity contribution in [1.29, 1.82) is 0 Å². The first-order chi connectivity index (χ1) is 21.6. The second kappa shape index (κ2) is 15.1. The Balaban J connectivity index is 1.59. The summed E-state index contributed by atoms with van der Waals surface area (Å²) in [5.74, 6) is -1.13. The Morgan fingerprint density at radius 1 is 1.09 bits per heavy atom. The van der Waals surface area contributed by atoms with E-state index in [9.17, 15) is 14.7 Å². The summed E-state index contributed by atoms with van der Waals surface area (Å²) in [6.07, 6.45) is 2.02. The number of cyclic esters (lactones) is 1. The standard InChI is InChI=1S/C35H58N4O7/c1-22-16-35(6,43-10)31(46-32-29(40)27(37(7)8)15-23(2)45-32)24(3)30(41)34(4,5)33(42)44-21-28(38(9)17-22)26-19-39(20-26)18-25-11-13-36-14-12-25/h11-14,22-24,26-29,31-32,40H,15-21H2,1-10H3/t22-,23-,24+,27+,28+,29-,31-,32+,35-/m1/s1.